The summed E-state index contributed by atoms with van der Waals surface area (Å²) in [6.45, 7) is -1.76. The molecule has 0 aliphatic heterocycles. The summed E-state index contributed by atoms with van der Waals surface area (Å²) in [6, 6.07) is 8.44. The first-order valence-electron chi connectivity index (χ1n) is 7.81. The third-order valence-electron chi connectivity index (χ3n) is 3.78. The average Bonchev–Trinajstić information content (AvgIpc) is 2.68. The van der Waals surface area contributed by atoms with E-state index in [1.165, 1.54) is 19.2 Å². The Labute approximate surface area is 162 Å². The first-order valence-corrected chi connectivity index (χ1v) is 8.60. The molecule has 0 unspecified atom stereocenters. The number of methoxy groups -OCH3 is 1. The molecular weight excluding hydrogens is 425 g/mol. The molecule has 3 aromatic rings. The monoisotopic (exact) mass is 438 g/mol. The molecule has 0 aliphatic carbocycles. The Kier molecular flexibility index (Phi) is 5.65. The van der Waals surface area contributed by atoms with Crippen molar-refractivity contribution in [3.8, 4) is 28.5 Å². The van der Waals surface area contributed by atoms with Gasteiger partial charge in [0.1, 0.15) is 11.5 Å². The van der Waals surface area contributed by atoms with Crippen molar-refractivity contribution < 1.29 is 22.6 Å². The molecule has 1 aromatic carbocycles. The zero-order chi connectivity index (χ0) is 19.4. The van der Waals surface area contributed by atoms with Crippen LogP contribution in [0.4, 0.5) is 13.2 Å². The summed E-state index contributed by atoms with van der Waals surface area (Å²) < 4.78 is 51.1. The number of alkyl halides is 3. The molecular formula is C19H14BrF3N2O2. The number of hydrogen-bond acceptors (Lipinski definition) is 4. The second-order valence-electron chi connectivity index (χ2n) is 5.52. The van der Waals surface area contributed by atoms with E-state index in [0.717, 1.165) is 12.1 Å². The van der Waals surface area contributed by atoms with Crippen LogP contribution in [0.15, 0.2) is 59.5 Å². The van der Waals surface area contributed by atoms with E-state index < -0.39 is 18.2 Å². The van der Waals surface area contributed by atoms with Gasteiger partial charge in [0.15, 0.2) is 6.67 Å². The van der Waals surface area contributed by atoms with Crippen molar-refractivity contribution in [1.29, 1.82) is 0 Å². The molecule has 0 amide bonds. The number of nitrogens with zero attached hydrogens (tertiary/aromatic N) is 2. The number of halogens is 4. The lowest BCUT2D eigenvalue weighted by Gasteiger charge is -2.15. The first kappa shape index (κ1) is 19.2. The van der Waals surface area contributed by atoms with E-state index >= 15 is 0 Å². The fourth-order valence-corrected chi connectivity index (χ4v) is 2.95. The molecule has 0 spiro atoms. The van der Waals surface area contributed by atoms with Gasteiger partial charge in [-0.15, -0.1) is 0 Å². The number of benzene rings is 1. The van der Waals surface area contributed by atoms with Crippen LogP contribution in [-0.2, 0) is 5.92 Å². The lowest BCUT2D eigenvalue weighted by atomic mass is 10.1. The number of aromatic nitrogens is 2. The van der Waals surface area contributed by atoms with Crippen molar-refractivity contribution in [2.75, 3.05) is 13.8 Å². The lowest BCUT2D eigenvalue weighted by Crippen LogP contribution is -2.15. The molecule has 4 nitrogen and oxygen atoms in total. The topological polar surface area (TPSA) is 44.2 Å². The van der Waals surface area contributed by atoms with E-state index in [0.29, 0.717) is 21.3 Å². The predicted octanol–water partition coefficient (Wildman–Crippen LogP) is 5.77. The van der Waals surface area contributed by atoms with Crippen LogP contribution in [0.1, 0.15) is 5.56 Å². The predicted molar refractivity (Wildman–Crippen MR) is 98.1 cm³/mol. The summed E-state index contributed by atoms with van der Waals surface area (Å²) in [5.41, 5.74) is 0.841. The number of hydrogen-bond donors (Lipinski definition) is 0. The molecule has 27 heavy (non-hydrogen) atoms. The summed E-state index contributed by atoms with van der Waals surface area (Å²) in [5.74, 6) is -2.43. The van der Waals surface area contributed by atoms with Gasteiger partial charge in [-0.2, -0.15) is 8.78 Å². The molecule has 0 saturated carbocycles. The zero-order valence-electron chi connectivity index (χ0n) is 14.1. The minimum atomic E-state index is -3.52. The minimum Gasteiger partial charge on any atom is -0.495 e. The highest BCUT2D eigenvalue weighted by molar-refractivity contribution is 9.10. The molecule has 3 rings (SSSR count). The quantitative estimate of drug-likeness (QED) is 0.490. The van der Waals surface area contributed by atoms with Crippen LogP contribution in [0, 0.1) is 0 Å². The Bertz CT molecular complexity index is 936. The van der Waals surface area contributed by atoms with Crippen molar-refractivity contribution in [3.05, 3.63) is 65.0 Å². The van der Waals surface area contributed by atoms with Gasteiger partial charge in [0.05, 0.1) is 11.6 Å². The third-order valence-corrected chi connectivity index (χ3v) is 4.34. The Balaban J connectivity index is 1.95. The third kappa shape index (κ3) is 4.05. The Morgan fingerprint density at radius 1 is 1.07 bits per heavy atom. The summed E-state index contributed by atoms with van der Waals surface area (Å²) >= 11 is 3.38. The maximum Gasteiger partial charge on any atom is 0.301 e. The van der Waals surface area contributed by atoms with E-state index in [2.05, 4.69) is 25.9 Å². The smallest absolute Gasteiger partial charge is 0.301 e. The zero-order valence-corrected chi connectivity index (χ0v) is 15.7. The van der Waals surface area contributed by atoms with Gasteiger partial charge in [0, 0.05) is 35.3 Å². The van der Waals surface area contributed by atoms with Gasteiger partial charge in [-0.25, -0.2) is 9.37 Å². The first-order chi connectivity index (χ1) is 13.0. The fraction of sp³-hybridized carbons (Fsp3) is 0.158. The fourth-order valence-electron chi connectivity index (χ4n) is 2.46. The van der Waals surface area contributed by atoms with Crippen molar-refractivity contribution in [1.82, 2.24) is 9.97 Å². The molecule has 8 heteroatoms. The molecule has 0 radical (unpaired) electrons. The second-order valence-corrected chi connectivity index (χ2v) is 6.38. The molecule has 0 saturated heterocycles. The van der Waals surface area contributed by atoms with Crippen molar-refractivity contribution >= 4 is 15.9 Å². The normalized spacial score (nSPS) is 11.3. The average molecular weight is 439 g/mol. The standard InChI is InChI=1S/C19H14BrF3N2O2/c1-26-17-15(9-24-10-16(17)20)14-3-2-8-25-18(14)27-13-6-4-12(5-7-13)19(22,23)11-21/h2-10H,11H2,1H3. The van der Waals surface area contributed by atoms with E-state index in [1.54, 1.807) is 30.7 Å². The summed E-state index contributed by atoms with van der Waals surface area (Å²) in [6.07, 6.45) is 4.75. The van der Waals surface area contributed by atoms with Crippen LogP contribution < -0.4 is 9.47 Å². The van der Waals surface area contributed by atoms with Crippen molar-refractivity contribution in [2.45, 2.75) is 5.92 Å². The van der Waals surface area contributed by atoms with Crippen LogP contribution in [0.25, 0.3) is 11.1 Å². The molecule has 0 aliphatic rings. The Morgan fingerprint density at radius 3 is 2.48 bits per heavy atom. The molecule has 0 atom stereocenters. The SMILES string of the molecule is COc1c(Br)cncc1-c1cccnc1Oc1ccc(C(F)(F)CF)cc1. The largest absolute Gasteiger partial charge is 0.495 e. The highest BCUT2D eigenvalue weighted by Crippen LogP contribution is 2.40. The molecule has 0 N–H and O–H groups in total. The van der Waals surface area contributed by atoms with E-state index in [9.17, 15) is 13.2 Å². The molecule has 2 heterocycles. The van der Waals surface area contributed by atoms with Gasteiger partial charge in [0.25, 0.3) is 0 Å². The minimum absolute atomic E-state index is 0.251. The summed E-state index contributed by atoms with van der Waals surface area (Å²) in [7, 11) is 1.53. The number of ether oxygens (including phenoxy) is 2. The molecule has 0 fully saturated rings. The van der Waals surface area contributed by atoms with Gasteiger partial charge >= 0.3 is 5.92 Å². The molecule has 0 bridgehead atoms. The van der Waals surface area contributed by atoms with Crippen LogP contribution in [0.5, 0.6) is 17.4 Å². The number of pyridine rings is 2. The van der Waals surface area contributed by atoms with Crippen LogP contribution in [0.3, 0.4) is 0 Å². The van der Waals surface area contributed by atoms with Gasteiger partial charge in [-0.3, -0.25) is 4.98 Å². The van der Waals surface area contributed by atoms with Crippen LogP contribution in [0.2, 0.25) is 0 Å². The van der Waals surface area contributed by atoms with Gasteiger partial charge in [-0.1, -0.05) is 0 Å². The van der Waals surface area contributed by atoms with Crippen molar-refractivity contribution in [2.24, 2.45) is 0 Å². The Hall–Kier alpha value is -2.61. The van der Waals surface area contributed by atoms with Crippen molar-refractivity contribution in [3.63, 3.8) is 0 Å². The highest BCUT2D eigenvalue weighted by Gasteiger charge is 2.31. The maximum atomic E-state index is 13.4. The van der Waals surface area contributed by atoms with E-state index in [1.807, 2.05) is 0 Å². The Morgan fingerprint density at radius 2 is 1.81 bits per heavy atom. The summed E-state index contributed by atoms with van der Waals surface area (Å²) in [5, 5.41) is 0. The molecule has 140 valence electrons. The van der Waals surface area contributed by atoms with E-state index in [-0.39, 0.29) is 11.6 Å². The maximum absolute atomic E-state index is 13.4. The number of rotatable bonds is 6. The lowest BCUT2D eigenvalue weighted by molar-refractivity contribution is -0.0281. The van der Waals surface area contributed by atoms with Gasteiger partial charge in [-0.05, 0) is 52.3 Å². The summed E-state index contributed by atoms with van der Waals surface area (Å²) in [4.78, 5) is 8.35. The second kappa shape index (κ2) is 7.96. The van der Waals surface area contributed by atoms with Crippen LogP contribution in [-0.4, -0.2) is 23.8 Å². The molecule has 2 aromatic heterocycles. The van der Waals surface area contributed by atoms with Crippen LogP contribution >= 0.6 is 15.9 Å². The van der Waals surface area contributed by atoms with Gasteiger partial charge < -0.3 is 9.47 Å². The van der Waals surface area contributed by atoms with E-state index in [4.69, 9.17) is 9.47 Å². The highest BCUT2D eigenvalue weighted by atomic mass is 79.9. The van der Waals surface area contributed by atoms with Gasteiger partial charge in [0.2, 0.25) is 5.88 Å².